The molecule has 0 spiro atoms. The molecule has 3 rings (SSSR count). The van der Waals surface area contributed by atoms with Gasteiger partial charge in [0.05, 0.1) is 5.69 Å². The molecule has 0 fully saturated rings. The standard InChI is InChI=1S/C21H21ClN2O3S2/c1-24(29(26,27)20-9-5-15-28-20)18-12-10-17(11-13-18)21(25)23-14-4-7-16-6-2-3-8-19(16)22/h2-3,5-6,8-13,15H,4,7,14H2,1H3,(H,23,25). The van der Waals surface area contributed by atoms with Crippen LogP contribution in [-0.4, -0.2) is 27.9 Å². The van der Waals surface area contributed by atoms with Gasteiger partial charge in [-0.2, -0.15) is 0 Å². The van der Waals surface area contributed by atoms with Gasteiger partial charge in [-0.1, -0.05) is 35.9 Å². The molecule has 0 aliphatic rings. The zero-order valence-corrected chi connectivity index (χ0v) is 18.2. The van der Waals surface area contributed by atoms with E-state index in [-0.39, 0.29) is 10.1 Å². The minimum atomic E-state index is -3.59. The Labute approximate surface area is 180 Å². The van der Waals surface area contributed by atoms with Gasteiger partial charge in [0.1, 0.15) is 4.21 Å². The van der Waals surface area contributed by atoms with Gasteiger partial charge in [-0.05, 0) is 60.2 Å². The number of hydrogen-bond acceptors (Lipinski definition) is 4. The Hall–Kier alpha value is -2.35. The Kier molecular flexibility index (Phi) is 6.95. The monoisotopic (exact) mass is 448 g/mol. The molecule has 152 valence electrons. The summed E-state index contributed by atoms with van der Waals surface area (Å²) in [5.74, 6) is -0.195. The zero-order chi connectivity index (χ0) is 20.9. The summed E-state index contributed by atoms with van der Waals surface area (Å²) in [7, 11) is -2.09. The van der Waals surface area contributed by atoms with Crippen LogP contribution in [0.5, 0.6) is 0 Å². The van der Waals surface area contributed by atoms with Gasteiger partial charge in [-0.25, -0.2) is 8.42 Å². The molecule has 0 atom stereocenters. The van der Waals surface area contributed by atoms with Crippen molar-refractivity contribution in [1.82, 2.24) is 5.32 Å². The average molecular weight is 449 g/mol. The lowest BCUT2D eigenvalue weighted by molar-refractivity contribution is 0.0953. The molecule has 0 unspecified atom stereocenters. The Bertz CT molecular complexity index is 1070. The average Bonchev–Trinajstić information content (AvgIpc) is 3.27. The number of halogens is 1. The second-order valence-corrected chi connectivity index (χ2v) is 9.95. The van der Waals surface area contributed by atoms with Gasteiger partial charge in [-0.15, -0.1) is 11.3 Å². The molecular formula is C21H21ClN2O3S2. The third-order valence-electron chi connectivity index (χ3n) is 4.47. The smallest absolute Gasteiger partial charge is 0.273 e. The highest BCUT2D eigenvalue weighted by Gasteiger charge is 2.22. The summed E-state index contributed by atoms with van der Waals surface area (Å²) >= 11 is 7.30. The van der Waals surface area contributed by atoms with Crippen LogP contribution in [0.4, 0.5) is 5.69 Å². The lowest BCUT2D eigenvalue weighted by Gasteiger charge is -2.18. The number of aryl methyl sites for hydroxylation is 1. The first-order valence-corrected chi connectivity index (χ1v) is 11.7. The number of amides is 1. The Morgan fingerprint density at radius 3 is 2.45 bits per heavy atom. The summed E-state index contributed by atoms with van der Waals surface area (Å²) in [6, 6.07) is 17.4. The maximum Gasteiger partial charge on any atom is 0.273 e. The predicted octanol–water partition coefficient (Wildman–Crippen LogP) is 4.59. The second kappa shape index (κ2) is 9.43. The second-order valence-electron chi connectivity index (χ2n) is 6.40. The number of carbonyl (C=O) groups excluding carboxylic acids is 1. The topological polar surface area (TPSA) is 66.5 Å². The normalized spacial score (nSPS) is 11.2. The maximum absolute atomic E-state index is 12.6. The minimum absolute atomic E-state index is 0.195. The fourth-order valence-corrected chi connectivity index (χ4v) is 5.38. The van der Waals surface area contributed by atoms with Crippen molar-refractivity contribution in [3.05, 3.63) is 82.2 Å². The first-order valence-electron chi connectivity index (χ1n) is 9.03. The van der Waals surface area contributed by atoms with Crippen LogP contribution in [0.3, 0.4) is 0 Å². The van der Waals surface area contributed by atoms with Crippen molar-refractivity contribution >= 4 is 44.6 Å². The summed E-state index contributed by atoms with van der Waals surface area (Å²) in [6.07, 6.45) is 1.56. The van der Waals surface area contributed by atoms with E-state index in [1.807, 2.05) is 24.3 Å². The fraction of sp³-hybridized carbons (Fsp3) is 0.190. The van der Waals surface area contributed by atoms with Crippen LogP contribution in [0, 0.1) is 0 Å². The largest absolute Gasteiger partial charge is 0.352 e. The van der Waals surface area contributed by atoms with Crippen LogP contribution in [-0.2, 0) is 16.4 Å². The number of nitrogens with zero attached hydrogens (tertiary/aromatic N) is 1. The SMILES string of the molecule is CN(c1ccc(C(=O)NCCCc2ccccc2Cl)cc1)S(=O)(=O)c1cccs1. The lowest BCUT2D eigenvalue weighted by atomic mass is 10.1. The number of benzene rings is 2. The van der Waals surface area contributed by atoms with E-state index < -0.39 is 10.0 Å². The van der Waals surface area contributed by atoms with Gasteiger partial charge >= 0.3 is 0 Å². The third kappa shape index (κ3) is 5.18. The van der Waals surface area contributed by atoms with E-state index in [1.54, 1.807) is 41.8 Å². The van der Waals surface area contributed by atoms with Crippen LogP contribution in [0.15, 0.2) is 70.3 Å². The number of anilines is 1. The molecular weight excluding hydrogens is 428 g/mol. The summed E-state index contributed by atoms with van der Waals surface area (Å²) in [5, 5.41) is 5.33. The van der Waals surface area contributed by atoms with Gasteiger partial charge in [0, 0.05) is 24.2 Å². The van der Waals surface area contributed by atoms with Gasteiger partial charge in [0.15, 0.2) is 0 Å². The van der Waals surface area contributed by atoms with Crippen molar-refractivity contribution in [2.75, 3.05) is 17.9 Å². The van der Waals surface area contributed by atoms with Crippen molar-refractivity contribution in [2.45, 2.75) is 17.1 Å². The van der Waals surface area contributed by atoms with Gasteiger partial charge < -0.3 is 5.32 Å². The third-order valence-corrected chi connectivity index (χ3v) is 8.00. The van der Waals surface area contributed by atoms with E-state index in [0.29, 0.717) is 17.8 Å². The van der Waals surface area contributed by atoms with Crippen LogP contribution in [0.25, 0.3) is 0 Å². The maximum atomic E-state index is 12.6. The minimum Gasteiger partial charge on any atom is -0.352 e. The van der Waals surface area contributed by atoms with Gasteiger partial charge in [0.2, 0.25) is 0 Å². The van der Waals surface area contributed by atoms with E-state index in [0.717, 1.165) is 23.4 Å². The molecule has 0 aliphatic carbocycles. The van der Waals surface area contributed by atoms with E-state index in [9.17, 15) is 13.2 Å². The first kappa shape index (κ1) is 21.4. The molecule has 1 amide bonds. The quantitative estimate of drug-likeness (QED) is 0.512. The Morgan fingerprint density at radius 2 is 1.79 bits per heavy atom. The van der Waals surface area contributed by atoms with Crippen molar-refractivity contribution < 1.29 is 13.2 Å². The van der Waals surface area contributed by atoms with Crippen LogP contribution >= 0.6 is 22.9 Å². The molecule has 0 saturated heterocycles. The highest BCUT2D eigenvalue weighted by Crippen LogP contribution is 2.25. The summed E-state index contributed by atoms with van der Waals surface area (Å²) in [6.45, 7) is 0.526. The highest BCUT2D eigenvalue weighted by molar-refractivity contribution is 7.94. The molecule has 1 N–H and O–H groups in total. The Balaban J connectivity index is 1.55. The zero-order valence-electron chi connectivity index (χ0n) is 15.8. The van der Waals surface area contributed by atoms with E-state index in [4.69, 9.17) is 11.6 Å². The number of sulfonamides is 1. The number of carbonyl (C=O) groups is 1. The van der Waals surface area contributed by atoms with Crippen molar-refractivity contribution in [2.24, 2.45) is 0 Å². The molecule has 3 aromatic rings. The lowest BCUT2D eigenvalue weighted by Crippen LogP contribution is -2.26. The van der Waals surface area contributed by atoms with Gasteiger partial charge in [0.25, 0.3) is 15.9 Å². The van der Waals surface area contributed by atoms with E-state index in [2.05, 4.69) is 5.32 Å². The van der Waals surface area contributed by atoms with Crippen LogP contribution in [0.2, 0.25) is 5.02 Å². The van der Waals surface area contributed by atoms with Crippen molar-refractivity contribution in [3.8, 4) is 0 Å². The van der Waals surface area contributed by atoms with Crippen LogP contribution in [0.1, 0.15) is 22.3 Å². The molecule has 8 heteroatoms. The molecule has 0 radical (unpaired) electrons. The molecule has 1 heterocycles. The fourth-order valence-electron chi connectivity index (χ4n) is 2.79. The number of thiophene rings is 1. The summed E-state index contributed by atoms with van der Waals surface area (Å²) < 4.78 is 26.6. The highest BCUT2D eigenvalue weighted by atomic mass is 35.5. The first-order chi connectivity index (χ1) is 13.9. The molecule has 0 aliphatic heterocycles. The predicted molar refractivity (Wildman–Crippen MR) is 118 cm³/mol. The molecule has 1 aromatic heterocycles. The number of rotatable bonds is 8. The molecule has 29 heavy (non-hydrogen) atoms. The molecule has 2 aromatic carbocycles. The molecule has 0 saturated carbocycles. The molecule has 0 bridgehead atoms. The van der Waals surface area contributed by atoms with Crippen LogP contribution < -0.4 is 9.62 Å². The number of hydrogen-bond donors (Lipinski definition) is 1. The summed E-state index contributed by atoms with van der Waals surface area (Å²) in [4.78, 5) is 12.3. The Morgan fingerprint density at radius 1 is 1.07 bits per heavy atom. The summed E-state index contributed by atoms with van der Waals surface area (Å²) in [5.41, 5.74) is 2.03. The van der Waals surface area contributed by atoms with Gasteiger partial charge in [-0.3, -0.25) is 9.10 Å². The van der Waals surface area contributed by atoms with E-state index in [1.165, 1.54) is 22.7 Å². The molecule has 5 nitrogen and oxygen atoms in total. The van der Waals surface area contributed by atoms with E-state index >= 15 is 0 Å². The number of nitrogens with one attached hydrogen (secondary N) is 1. The van der Waals surface area contributed by atoms with Crippen molar-refractivity contribution in [1.29, 1.82) is 0 Å². The van der Waals surface area contributed by atoms with Crippen molar-refractivity contribution in [3.63, 3.8) is 0 Å².